The smallest absolute Gasteiger partial charge is 0.335 e. The first-order valence-corrected chi connectivity index (χ1v) is 8.94. The van der Waals surface area contributed by atoms with Crippen LogP contribution < -0.4 is 4.74 Å². The van der Waals surface area contributed by atoms with Crippen molar-refractivity contribution in [1.82, 2.24) is 0 Å². The number of carbonyl (C=O) groups is 1. The lowest BCUT2D eigenvalue weighted by atomic mass is 10.1. The van der Waals surface area contributed by atoms with Gasteiger partial charge in [-0.3, -0.25) is 0 Å². The van der Waals surface area contributed by atoms with Gasteiger partial charge in [0.15, 0.2) is 6.10 Å². The van der Waals surface area contributed by atoms with Gasteiger partial charge in [-0.15, -0.1) is 0 Å². The van der Waals surface area contributed by atoms with Crippen molar-refractivity contribution >= 4 is 12.0 Å². The lowest BCUT2D eigenvalue weighted by Crippen LogP contribution is -2.28. The molecule has 0 heterocycles. The Balaban J connectivity index is 1.84. The average molecular weight is 354 g/mol. The van der Waals surface area contributed by atoms with Crippen LogP contribution in [0.4, 0.5) is 0 Å². The third-order valence-corrected chi connectivity index (χ3v) is 3.72. The molecule has 1 atom stereocenters. The fourth-order valence-corrected chi connectivity index (χ4v) is 2.48. The Morgan fingerprint density at radius 2 is 1.73 bits per heavy atom. The third-order valence-electron chi connectivity index (χ3n) is 3.72. The van der Waals surface area contributed by atoms with E-state index in [-0.39, 0.29) is 5.97 Å². The van der Waals surface area contributed by atoms with Gasteiger partial charge in [-0.2, -0.15) is 0 Å². The molecule has 0 amide bonds. The first-order chi connectivity index (χ1) is 12.7. The fourth-order valence-electron chi connectivity index (χ4n) is 2.48. The molecular weight excluding hydrogens is 328 g/mol. The van der Waals surface area contributed by atoms with Gasteiger partial charge in [0.25, 0.3) is 0 Å². The van der Waals surface area contributed by atoms with Crippen molar-refractivity contribution in [2.75, 3.05) is 19.8 Å². The second-order valence-electron chi connectivity index (χ2n) is 5.67. The minimum Gasteiger partial charge on any atom is -0.490 e. The van der Waals surface area contributed by atoms with E-state index in [0.717, 1.165) is 16.9 Å². The van der Waals surface area contributed by atoms with Gasteiger partial charge in [-0.1, -0.05) is 48.5 Å². The van der Waals surface area contributed by atoms with Crippen molar-refractivity contribution in [3.05, 3.63) is 71.8 Å². The molecule has 138 valence electrons. The number of esters is 1. The van der Waals surface area contributed by atoms with Crippen molar-refractivity contribution in [3.8, 4) is 5.75 Å². The van der Waals surface area contributed by atoms with E-state index in [2.05, 4.69) is 0 Å². The summed E-state index contributed by atoms with van der Waals surface area (Å²) in [5.41, 5.74) is 2.15. The zero-order chi connectivity index (χ0) is 18.6. The van der Waals surface area contributed by atoms with Crippen LogP contribution in [0.5, 0.6) is 5.75 Å². The van der Waals surface area contributed by atoms with Gasteiger partial charge < -0.3 is 14.2 Å². The Morgan fingerprint density at radius 1 is 1.00 bits per heavy atom. The molecule has 0 spiro atoms. The van der Waals surface area contributed by atoms with E-state index in [9.17, 15) is 4.79 Å². The van der Waals surface area contributed by atoms with E-state index in [1.807, 2.05) is 73.7 Å². The van der Waals surface area contributed by atoms with Gasteiger partial charge >= 0.3 is 5.97 Å². The maximum atomic E-state index is 11.9. The lowest BCUT2D eigenvalue weighted by molar-refractivity contribution is -0.156. The molecule has 0 N–H and O–H groups in total. The maximum Gasteiger partial charge on any atom is 0.335 e. The molecule has 1 unspecified atom stereocenters. The Kier molecular flexibility index (Phi) is 8.43. The Hall–Kier alpha value is -2.59. The summed E-state index contributed by atoms with van der Waals surface area (Å²) in [5.74, 6) is 0.469. The predicted molar refractivity (Wildman–Crippen MR) is 103 cm³/mol. The summed E-state index contributed by atoms with van der Waals surface area (Å²) in [6.07, 6.45) is 3.93. The molecule has 0 saturated carbocycles. The number of hydrogen-bond donors (Lipinski definition) is 0. The summed E-state index contributed by atoms with van der Waals surface area (Å²) in [4.78, 5) is 11.9. The van der Waals surface area contributed by atoms with Crippen molar-refractivity contribution in [2.45, 2.75) is 26.4 Å². The van der Waals surface area contributed by atoms with Crippen molar-refractivity contribution < 1.29 is 19.0 Å². The van der Waals surface area contributed by atoms with Gasteiger partial charge in [-0.05, 0) is 43.2 Å². The molecular formula is C22H26O4. The fraction of sp³-hybridized carbons (Fsp3) is 0.318. The summed E-state index contributed by atoms with van der Waals surface area (Å²) in [7, 11) is 0. The first kappa shape index (κ1) is 19.7. The third kappa shape index (κ3) is 6.73. The maximum absolute atomic E-state index is 11.9. The summed E-state index contributed by atoms with van der Waals surface area (Å²) < 4.78 is 16.3. The van der Waals surface area contributed by atoms with Gasteiger partial charge in [0.2, 0.25) is 0 Å². The molecule has 0 bridgehead atoms. The highest BCUT2D eigenvalue weighted by Crippen LogP contribution is 2.15. The molecule has 2 aromatic carbocycles. The molecule has 4 nitrogen and oxygen atoms in total. The van der Waals surface area contributed by atoms with E-state index in [1.165, 1.54) is 0 Å². The van der Waals surface area contributed by atoms with Crippen LogP contribution in [0.25, 0.3) is 6.08 Å². The topological polar surface area (TPSA) is 44.8 Å². The van der Waals surface area contributed by atoms with Crippen LogP contribution in [0, 0.1) is 0 Å². The normalized spacial score (nSPS) is 12.1. The monoisotopic (exact) mass is 354 g/mol. The molecule has 0 fully saturated rings. The summed E-state index contributed by atoms with van der Waals surface area (Å²) in [6.45, 7) is 4.98. The Labute approximate surface area is 155 Å². The molecule has 0 aliphatic carbocycles. The Bertz CT molecular complexity index is 677. The van der Waals surface area contributed by atoms with Crippen LogP contribution in [0.2, 0.25) is 0 Å². The SMILES string of the molecule is CCOC(=O)C(Cc1ccc(OC/C=C\c2ccccc2)cc1)OCC. The minimum atomic E-state index is -0.569. The van der Waals surface area contributed by atoms with Crippen LogP contribution in [-0.4, -0.2) is 31.9 Å². The predicted octanol–water partition coefficient (Wildman–Crippen LogP) is 4.29. The molecule has 0 radical (unpaired) electrons. The van der Waals surface area contributed by atoms with Gasteiger partial charge in [0, 0.05) is 13.0 Å². The molecule has 2 aromatic rings. The molecule has 0 aliphatic rings. The van der Waals surface area contributed by atoms with Crippen molar-refractivity contribution in [3.63, 3.8) is 0 Å². The van der Waals surface area contributed by atoms with Crippen LogP contribution in [0.15, 0.2) is 60.7 Å². The highest BCUT2D eigenvalue weighted by atomic mass is 16.6. The van der Waals surface area contributed by atoms with Crippen LogP contribution in [-0.2, 0) is 20.7 Å². The van der Waals surface area contributed by atoms with Crippen LogP contribution in [0.3, 0.4) is 0 Å². The molecule has 2 rings (SSSR count). The lowest BCUT2D eigenvalue weighted by Gasteiger charge is -2.15. The molecule has 0 aromatic heterocycles. The van der Waals surface area contributed by atoms with Gasteiger partial charge in [0.05, 0.1) is 6.61 Å². The van der Waals surface area contributed by atoms with E-state index < -0.39 is 6.10 Å². The zero-order valence-corrected chi connectivity index (χ0v) is 15.4. The second kappa shape index (κ2) is 11.1. The summed E-state index contributed by atoms with van der Waals surface area (Å²) >= 11 is 0. The number of carbonyl (C=O) groups excluding carboxylic acids is 1. The van der Waals surface area contributed by atoms with Crippen LogP contribution in [0.1, 0.15) is 25.0 Å². The van der Waals surface area contributed by atoms with Gasteiger partial charge in [0.1, 0.15) is 12.4 Å². The standard InChI is InChI=1S/C22H26O4/c1-3-24-21(22(23)25-4-2)17-19-12-14-20(15-13-19)26-16-8-11-18-9-6-5-7-10-18/h5-15,21H,3-4,16-17H2,1-2H3/b11-8-. The van der Waals surface area contributed by atoms with Gasteiger partial charge in [-0.25, -0.2) is 4.79 Å². The largest absolute Gasteiger partial charge is 0.490 e. The molecule has 4 heteroatoms. The number of rotatable bonds is 10. The second-order valence-corrected chi connectivity index (χ2v) is 5.67. The van der Waals surface area contributed by atoms with E-state index in [1.54, 1.807) is 6.92 Å². The first-order valence-electron chi connectivity index (χ1n) is 8.94. The average Bonchev–Trinajstić information content (AvgIpc) is 2.67. The minimum absolute atomic E-state index is 0.319. The number of ether oxygens (including phenoxy) is 3. The van der Waals surface area contributed by atoms with E-state index >= 15 is 0 Å². The summed E-state index contributed by atoms with van der Waals surface area (Å²) in [6, 6.07) is 17.8. The summed E-state index contributed by atoms with van der Waals surface area (Å²) in [5, 5.41) is 0. The van der Waals surface area contributed by atoms with E-state index in [0.29, 0.717) is 26.2 Å². The van der Waals surface area contributed by atoms with E-state index in [4.69, 9.17) is 14.2 Å². The zero-order valence-electron chi connectivity index (χ0n) is 15.4. The quantitative estimate of drug-likeness (QED) is 0.597. The highest BCUT2D eigenvalue weighted by Gasteiger charge is 2.20. The van der Waals surface area contributed by atoms with Crippen molar-refractivity contribution in [2.24, 2.45) is 0 Å². The highest BCUT2D eigenvalue weighted by molar-refractivity contribution is 5.75. The number of benzene rings is 2. The molecule has 26 heavy (non-hydrogen) atoms. The van der Waals surface area contributed by atoms with Crippen LogP contribution >= 0.6 is 0 Å². The Morgan fingerprint density at radius 3 is 2.38 bits per heavy atom. The molecule has 0 aliphatic heterocycles. The number of hydrogen-bond acceptors (Lipinski definition) is 4. The van der Waals surface area contributed by atoms with Crippen molar-refractivity contribution in [1.29, 1.82) is 0 Å². The molecule has 0 saturated heterocycles.